The largest absolute Gasteiger partial charge is 0.456 e. The van der Waals surface area contributed by atoms with Crippen LogP contribution in [0.4, 0.5) is 0 Å². The molecular formula is C21H17BrO6. The number of halogens is 1. The van der Waals surface area contributed by atoms with Gasteiger partial charge in [-0.3, -0.25) is 4.79 Å². The van der Waals surface area contributed by atoms with Crippen LogP contribution in [0.3, 0.4) is 0 Å². The molecular weight excluding hydrogens is 428 g/mol. The maximum Gasteiger partial charge on any atom is 0.338 e. The first-order chi connectivity index (χ1) is 13.5. The number of carbonyl (C=O) groups excluding carboxylic acids is 2. The van der Waals surface area contributed by atoms with Crippen LogP contribution in [0.15, 0.2) is 57.4 Å². The van der Waals surface area contributed by atoms with E-state index in [-0.39, 0.29) is 11.5 Å². The van der Waals surface area contributed by atoms with Gasteiger partial charge in [-0.05, 0) is 30.3 Å². The van der Waals surface area contributed by atoms with Crippen LogP contribution in [0.2, 0.25) is 0 Å². The number of rotatable bonds is 4. The predicted octanol–water partition coefficient (Wildman–Crippen LogP) is 4.32. The fourth-order valence-corrected chi connectivity index (χ4v) is 3.76. The van der Waals surface area contributed by atoms with Gasteiger partial charge in [0.25, 0.3) is 0 Å². The van der Waals surface area contributed by atoms with Crippen molar-refractivity contribution in [3.63, 3.8) is 0 Å². The molecule has 0 fully saturated rings. The summed E-state index contributed by atoms with van der Waals surface area (Å²) in [5.74, 6) is -0.530. The second-order valence-corrected chi connectivity index (χ2v) is 7.31. The molecule has 0 amide bonds. The maximum atomic E-state index is 13.0. The lowest BCUT2D eigenvalue weighted by Gasteiger charge is -2.33. The quantitative estimate of drug-likeness (QED) is 0.557. The Morgan fingerprint density at radius 2 is 1.71 bits per heavy atom. The fraction of sp³-hybridized carbons (Fsp3) is 0.238. The number of ether oxygens (including phenoxy) is 3. The van der Waals surface area contributed by atoms with E-state index < -0.39 is 24.3 Å². The van der Waals surface area contributed by atoms with Crippen molar-refractivity contribution in [2.24, 2.45) is 0 Å². The highest BCUT2D eigenvalue weighted by molar-refractivity contribution is 9.10. The van der Waals surface area contributed by atoms with E-state index in [0.717, 1.165) is 4.47 Å². The third-order valence-corrected chi connectivity index (χ3v) is 5.35. The maximum absolute atomic E-state index is 13.0. The number of hydrogen-bond acceptors (Lipinski definition) is 6. The average molecular weight is 445 g/mol. The monoisotopic (exact) mass is 444 g/mol. The molecule has 0 spiro atoms. The minimum absolute atomic E-state index is 0.259. The molecule has 1 heterocycles. The van der Waals surface area contributed by atoms with Crippen molar-refractivity contribution in [2.75, 3.05) is 14.2 Å². The fourth-order valence-electron chi connectivity index (χ4n) is 3.50. The molecule has 0 saturated carbocycles. The molecule has 0 saturated heterocycles. The van der Waals surface area contributed by atoms with Crippen LogP contribution in [0.25, 0.3) is 11.0 Å². The van der Waals surface area contributed by atoms with Crippen molar-refractivity contribution in [2.45, 2.75) is 18.3 Å². The van der Waals surface area contributed by atoms with Gasteiger partial charge in [-0.2, -0.15) is 0 Å². The van der Waals surface area contributed by atoms with Crippen LogP contribution < -0.4 is 0 Å². The Balaban J connectivity index is 1.80. The van der Waals surface area contributed by atoms with Crippen molar-refractivity contribution in [3.8, 4) is 0 Å². The molecule has 7 heteroatoms. The number of hydrogen-bond donors (Lipinski definition) is 0. The molecule has 1 aliphatic rings. The van der Waals surface area contributed by atoms with Gasteiger partial charge >= 0.3 is 5.97 Å². The summed E-state index contributed by atoms with van der Waals surface area (Å²) >= 11 is 3.34. The van der Waals surface area contributed by atoms with E-state index in [2.05, 4.69) is 15.9 Å². The minimum Gasteiger partial charge on any atom is -0.456 e. The summed E-state index contributed by atoms with van der Waals surface area (Å²) in [7, 11) is 2.87. The van der Waals surface area contributed by atoms with E-state index in [0.29, 0.717) is 22.1 Å². The molecule has 0 aliphatic heterocycles. The molecule has 6 nitrogen and oxygen atoms in total. The van der Waals surface area contributed by atoms with Gasteiger partial charge in [0.05, 0.1) is 11.1 Å². The van der Waals surface area contributed by atoms with Gasteiger partial charge in [0.2, 0.25) is 0 Å². The first-order valence-corrected chi connectivity index (χ1v) is 9.42. The lowest BCUT2D eigenvalue weighted by atomic mass is 9.87. The molecule has 3 aromatic rings. The van der Waals surface area contributed by atoms with Crippen molar-refractivity contribution >= 4 is 38.7 Å². The molecule has 1 aliphatic carbocycles. The number of para-hydroxylation sites is 1. The Morgan fingerprint density at radius 3 is 2.39 bits per heavy atom. The number of esters is 1. The highest BCUT2D eigenvalue weighted by Gasteiger charge is 2.48. The smallest absolute Gasteiger partial charge is 0.338 e. The van der Waals surface area contributed by atoms with Gasteiger partial charge in [0, 0.05) is 24.1 Å². The lowest BCUT2D eigenvalue weighted by molar-refractivity contribution is -0.0998. The van der Waals surface area contributed by atoms with Crippen molar-refractivity contribution < 1.29 is 28.2 Å². The molecule has 0 bridgehead atoms. The Labute approximate surface area is 169 Å². The second-order valence-electron chi connectivity index (χ2n) is 6.39. The van der Waals surface area contributed by atoms with E-state index in [1.807, 2.05) is 12.1 Å². The van der Waals surface area contributed by atoms with Gasteiger partial charge in [-0.25, -0.2) is 4.79 Å². The molecule has 28 heavy (non-hydrogen) atoms. The molecule has 2 aromatic carbocycles. The number of fused-ring (bicyclic) bond motifs is 3. The topological polar surface area (TPSA) is 75.0 Å². The third-order valence-electron chi connectivity index (χ3n) is 4.82. The van der Waals surface area contributed by atoms with E-state index in [1.54, 1.807) is 36.4 Å². The molecule has 4 rings (SSSR count). The number of methoxy groups -OCH3 is 2. The summed E-state index contributed by atoms with van der Waals surface area (Å²) in [5.41, 5.74) is 1.28. The third kappa shape index (κ3) is 3.05. The standard InChI is InChI=1S/C21H17BrO6/c1-25-18-16(23)15-13-5-3-4-6-14(13)27-17(15)20(19(18)26-2)28-21(24)11-7-9-12(22)10-8-11/h3-10,18-20H,1-2H3/t18-,19+,20+/m0/s1. The number of ketones is 1. The lowest BCUT2D eigenvalue weighted by Crippen LogP contribution is -2.46. The minimum atomic E-state index is -0.925. The zero-order chi connectivity index (χ0) is 19.8. The van der Waals surface area contributed by atoms with Gasteiger partial charge in [-0.15, -0.1) is 0 Å². The van der Waals surface area contributed by atoms with Gasteiger partial charge in [0.15, 0.2) is 23.8 Å². The van der Waals surface area contributed by atoms with Crippen LogP contribution in [0.1, 0.15) is 32.6 Å². The van der Waals surface area contributed by atoms with E-state index >= 15 is 0 Å². The van der Waals surface area contributed by atoms with Crippen molar-refractivity contribution in [1.29, 1.82) is 0 Å². The van der Waals surface area contributed by atoms with E-state index in [9.17, 15) is 9.59 Å². The SMILES string of the molecule is CO[C@H]1[C@H](OC(=O)c2ccc(Br)cc2)c2oc3ccccc3c2C(=O)[C@@H]1OC. The molecule has 0 unspecified atom stereocenters. The number of Topliss-reactive ketones (excluding diaryl/α,β-unsaturated/α-hetero) is 1. The van der Waals surface area contributed by atoms with E-state index in [1.165, 1.54) is 14.2 Å². The Kier molecular flexibility index (Phi) is 5.05. The first kappa shape index (κ1) is 18.9. The first-order valence-electron chi connectivity index (χ1n) is 8.63. The number of carbonyl (C=O) groups is 2. The Morgan fingerprint density at radius 1 is 1.00 bits per heavy atom. The number of furan rings is 1. The molecule has 1 aromatic heterocycles. The molecule has 0 N–H and O–H groups in total. The summed E-state index contributed by atoms with van der Waals surface area (Å²) in [4.78, 5) is 25.7. The number of benzene rings is 2. The highest BCUT2D eigenvalue weighted by Crippen LogP contribution is 2.41. The van der Waals surface area contributed by atoms with Crippen molar-refractivity contribution in [3.05, 3.63) is 69.9 Å². The molecule has 0 radical (unpaired) electrons. The predicted molar refractivity (Wildman–Crippen MR) is 104 cm³/mol. The highest BCUT2D eigenvalue weighted by atomic mass is 79.9. The average Bonchev–Trinajstić information content (AvgIpc) is 3.10. The summed E-state index contributed by atoms with van der Waals surface area (Å²) in [5, 5.41) is 0.656. The van der Waals surface area contributed by atoms with Gasteiger partial charge in [0.1, 0.15) is 11.7 Å². The van der Waals surface area contributed by atoms with Gasteiger partial charge < -0.3 is 18.6 Å². The van der Waals surface area contributed by atoms with Crippen LogP contribution >= 0.6 is 15.9 Å². The Hall–Kier alpha value is -2.48. The Bertz CT molecular complexity index is 1040. The van der Waals surface area contributed by atoms with Crippen LogP contribution in [0, 0.1) is 0 Å². The summed E-state index contributed by atoms with van der Waals surface area (Å²) in [6.07, 6.45) is -2.67. The zero-order valence-corrected chi connectivity index (χ0v) is 16.8. The van der Waals surface area contributed by atoms with Gasteiger partial charge in [-0.1, -0.05) is 34.1 Å². The molecule has 144 valence electrons. The second kappa shape index (κ2) is 7.50. The van der Waals surface area contributed by atoms with Crippen LogP contribution in [-0.2, 0) is 14.2 Å². The zero-order valence-electron chi connectivity index (χ0n) is 15.2. The summed E-state index contributed by atoms with van der Waals surface area (Å²) in [6, 6.07) is 14.0. The van der Waals surface area contributed by atoms with Crippen molar-refractivity contribution in [1.82, 2.24) is 0 Å². The van der Waals surface area contributed by atoms with Crippen LogP contribution in [-0.4, -0.2) is 38.2 Å². The van der Waals surface area contributed by atoms with Crippen LogP contribution in [0.5, 0.6) is 0 Å². The summed E-state index contributed by atoms with van der Waals surface area (Å²) in [6.45, 7) is 0. The normalized spacial score (nSPS) is 21.5. The van der Waals surface area contributed by atoms with E-state index in [4.69, 9.17) is 18.6 Å². The molecule has 3 atom stereocenters. The summed E-state index contributed by atoms with van der Waals surface area (Å²) < 4.78 is 23.4.